The Morgan fingerprint density at radius 2 is 0.879 bits per heavy atom. The molecule has 0 atom stereocenters. The van der Waals surface area contributed by atoms with Gasteiger partial charge in [-0.2, -0.15) is 0 Å². The van der Waals surface area contributed by atoms with Crippen molar-refractivity contribution in [2.24, 2.45) is 0 Å². The van der Waals surface area contributed by atoms with Gasteiger partial charge in [-0.25, -0.2) is 0 Å². The second-order valence-corrected chi connectivity index (χ2v) is 18.4. The number of fused-ring (bicyclic) bond motifs is 13. The van der Waals surface area contributed by atoms with Gasteiger partial charge in [-0.3, -0.25) is 0 Å². The molecule has 13 rings (SSSR count). The van der Waals surface area contributed by atoms with Crippen molar-refractivity contribution in [2.75, 3.05) is 9.80 Å². The molecule has 0 radical (unpaired) electrons. The number of rotatable bonds is 6. The van der Waals surface area contributed by atoms with E-state index >= 15 is 0 Å². The maximum absolute atomic E-state index is 7.06. The Hall–Kier alpha value is -8.14. The van der Waals surface area contributed by atoms with Gasteiger partial charge in [-0.15, -0.1) is 0 Å². The third-order valence-electron chi connectivity index (χ3n) is 14.1. The summed E-state index contributed by atoms with van der Waals surface area (Å²) in [5.41, 5.74) is 22.6. The van der Waals surface area contributed by atoms with E-state index in [2.05, 4.69) is 244 Å². The van der Waals surface area contributed by atoms with E-state index in [9.17, 15) is 0 Å². The van der Waals surface area contributed by atoms with Crippen molar-refractivity contribution in [1.29, 1.82) is 0 Å². The molecule has 11 aromatic rings. The third-order valence-corrected chi connectivity index (χ3v) is 14.1. The minimum Gasteiger partial charge on any atom is -0.455 e. The number of nitrogens with zero attached hydrogens (tertiary/aromatic N) is 2. The highest BCUT2D eigenvalue weighted by Crippen LogP contribution is 2.64. The fourth-order valence-electron chi connectivity index (χ4n) is 11.7. The molecule has 2 aliphatic carbocycles. The van der Waals surface area contributed by atoms with Gasteiger partial charge in [0.15, 0.2) is 0 Å². The minimum atomic E-state index is -0.733. The predicted octanol–water partition coefficient (Wildman–Crippen LogP) is 17.3. The van der Waals surface area contributed by atoms with Gasteiger partial charge in [0.25, 0.3) is 0 Å². The lowest BCUT2D eigenvalue weighted by atomic mass is 9.61. The molecule has 0 bridgehead atoms. The average molecular weight is 847 g/mol. The fourth-order valence-corrected chi connectivity index (χ4v) is 11.7. The van der Waals surface area contributed by atoms with Crippen LogP contribution >= 0.6 is 0 Å². The van der Waals surface area contributed by atoms with Gasteiger partial charge >= 0.3 is 0 Å². The quantitative estimate of drug-likeness (QED) is 0.166. The molecule has 1 heterocycles. The summed E-state index contributed by atoms with van der Waals surface area (Å²) in [5, 5.41) is 4.74. The van der Waals surface area contributed by atoms with Crippen LogP contribution in [0.15, 0.2) is 211 Å². The van der Waals surface area contributed by atoms with Crippen molar-refractivity contribution in [3.8, 4) is 22.3 Å². The minimum absolute atomic E-state index is 0.733. The second kappa shape index (κ2) is 14.4. The van der Waals surface area contributed by atoms with Gasteiger partial charge in [0.05, 0.1) is 5.41 Å². The Bertz CT molecular complexity index is 3580. The number of furan rings is 1. The molecule has 66 heavy (non-hydrogen) atoms. The summed E-state index contributed by atoms with van der Waals surface area (Å²) < 4.78 is 7.06. The molecule has 10 aromatic carbocycles. The van der Waals surface area contributed by atoms with Gasteiger partial charge in [0, 0.05) is 50.5 Å². The number of anilines is 6. The molecule has 3 nitrogen and oxygen atoms in total. The SMILES string of the molecule is Cc1cc(C)cc(N(c2ccccc2)c2ccc3c(c2)C2(c4cc(N(c5ccccc5)c5cc(C)cc(C)c5)ccc4-3)c3ccc4c(oc5ccccc54)c3-c3cccc4cccc2c34)c1. The molecule has 2 aliphatic rings. The summed E-state index contributed by atoms with van der Waals surface area (Å²) in [6.07, 6.45) is 0. The zero-order chi connectivity index (χ0) is 44.3. The van der Waals surface area contributed by atoms with E-state index in [-0.39, 0.29) is 0 Å². The van der Waals surface area contributed by atoms with Crippen LogP contribution in [-0.4, -0.2) is 0 Å². The third kappa shape index (κ3) is 5.56. The number of hydrogen-bond acceptors (Lipinski definition) is 3. The predicted molar refractivity (Wildman–Crippen MR) is 276 cm³/mol. The summed E-state index contributed by atoms with van der Waals surface area (Å²) in [4.78, 5) is 4.86. The highest BCUT2D eigenvalue weighted by atomic mass is 16.3. The molecule has 3 heteroatoms. The zero-order valence-electron chi connectivity index (χ0n) is 37.4. The first-order chi connectivity index (χ1) is 32.3. The van der Waals surface area contributed by atoms with Crippen molar-refractivity contribution >= 4 is 66.8 Å². The number of hydrogen-bond donors (Lipinski definition) is 0. The van der Waals surface area contributed by atoms with Crippen LogP contribution < -0.4 is 9.80 Å². The molecule has 1 spiro atoms. The van der Waals surface area contributed by atoms with Crippen molar-refractivity contribution in [1.82, 2.24) is 0 Å². The van der Waals surface area contributed by atoms with E-state index in [1.54, 1.807) is 0 Å². The molecule has 0 N–H and O–H groups in total. The van der Waals surface area contributed by atoms with E-state index in [1.807, 2.05) is 0 Å². The van der Waals surface area contributed by atoms with Gasteiger partial charge in [0.2, 0.25) is 0 Å². The van der Waals surface area contributed by atoms with Gasteiger partial charge in [-0.05, 0) is 179 Å². The van der Waals surface area contributed by atoms with Crippen LogP contribution in [0.25, 0.3) is 55.0 Å². The van der Waals surface area contributed by atoms with Crippen molar-refractivity contribution < 1.29 is 4.42 Å². The lowest BCUT2D eigenvalue weighted by Gasteiger charge is -2.40. The first-order valence-corrected chi connectivity index (χ1v) is 23.0. The fraction of sp³-hybridized carbons (Fsp3) is 0.0794. The summed E-state index contributed by atoms with van der Waals surface area (Å²) in [6, 6.07) is 76.7. The first-order valence-electron chi connectivity index (χ1n) is 23.0. The molecular weight excluding hydrogens is 801 g/mol. The molecular formula is C63H46N2O. The van der Waals surface area contributed by atoms with E-state index in [0.29, 0.717) is 0 Å². The van der Waals surface area contributed by atoms with Crippen LogP contribution in [0.1, 0.15) is 44.5 Å². The van der Waals surface area contributed by atoms with Gasteiger partial charge < -0.3 is 14.2 Å². The molecule has 0 saturated heterocycles. The van der Waals surface area contributed by atoms with Crippen LogP contribution in [0.5, 0.6) is 0 Å². The summed E-state index contributed by atoms with van der Waals surface area (Å²) in [7, 11) is 0. The number of aryl methyl sites for hydroxylation is 4. The maximum Gasteiger partial charge on any atom is 0.143 e. The van der Waals surface area contributed by atoms with Crippen LogP contribution in [-0.2, 0) is 5.41 Å². The molecule has 0 aliphatic heterocycles. The van der Waals surface area contributed by atoms with E-state index in [0.717, 1.165) is 61.6 Å². The smallest absolute Gasteiger partial charge is 0.143 e. The summed E-state index contributed by atoms with van der Waals surface area (Å²) in [5.74, 6) is 0. The number of benzene rings is 10. The zero-order valence-corrected chi connectivity index (χ0v) is 37.4. The molecule has 0 unspecified atom stereocenters. The van der Waals surface area contributed by atoms with Gasteiger partial charge in [0.1, 0.15) is 11.2 Å². The summed E-state index contributed by atoms with van der Waals surface area (Å²) in [6.45, 7) is 8.77. The van der Waals surface area contributed by atoms with Crippen LogP contribution in [0.2, 0.25) is 0 Å². The summed E-state index contributed by atoms with van der Waals surface area (Å²) >= 11 is 0. The largest absolute Gasteiger partial charge is 0.455 e. The van der Waals surface area contributed by atoms with E-state index in [4.69, 9.17) is 4.42 Å². The highest BCUT2D eigenvalue weighted by molar-refractivity contribution is 6.17. The molecule has 0 amide bonds. The topological polar surface area (TPSA) is 19.6 Å². The Morgan fingerprint density at radius 3 is 1.45 bits per heavy atom. The lowest BCUT2D eigenvalue weighted by Crippen LogP contribution is -2.32. The van der Waals surface area contributed by atoms with E-state index < -0.39 is 5.41 Å². The monoisotopic (exact) mass is 846 g/mol. The van der Waals surface area contributed by atoms with Gasteiger partial charge in [-0.1, -0.05) is 127 Å². The molecule has 1 aromatic heterocycles. The standard InChI is InChI=1S/C63H46N2O/c1-39-31-40(2)34-48(33-39)64(44-17-7-5-8-18-44)46-25-27-50-51-28-26-47(65(45-19-9-6-10-20-45)49-35-41(3)32-42(4)36-49)38-58(51)63(57(50)37-46)55-23-14-16-43-15-13-22-54(60(43)55)61-56(63)30-29-53-52-21-11-12-24-59(52)66-62(53)61/h5-38H,1-4H3. The Labute approximate surface area is 385 Å². The van der Waals surface area contributed by atoms with Crippen LogP contribution in [0.4, 0.5) is 34.1 Å². The van der Waals surface area contributed by atoms with E-state index in [1.165, 1.54) is 72.0 Å². The Balaban J connectivity index is 1.17. The van der Waals surface area contributed by atoms with Crippen molar-refractivity contribution in [3.63, 3.8) is 0 Å². The van der Waals surface area contributed by atoms with Crippen LogP contribution in [0.3, 0.4) is 0 Å². The molecule has 314 valence electrons. The van der Waals surface area contributed by atoms with Crippen LogP contribution in [0, 0.1) is 27.7 Å². The first kappa shape index (κ1) is 38.3. The maximum atomic E-state index is 7.06. The number of para-hydroxylation sites is 3. The van der Waals surface area contributed by atoms with Crippen molar-refractivity contribution in [3.05, 3.63) is 251 Å². The highest BCUT2D eigenvalue weighted by Gasteiger charge is 2.51. The normalized spacial score (nSPS) is 13.0. The molecule has 0 fully saturated rings. The molecule has 0 saturated carbocycles. The second-order valence-electron chi connectivity index (χ2n) is 18.4. The lowest BCUT2D eigenvalue weighted by molar-refractivity contribution is 0.667. The van der Waals surface area contributed by atoms with Crippen molar-refractivity contribution in [2.45, 2.75) is 33.1 Å². The Morgan fingerprint density at radius 1 is 0.348 bits per heavy atom. The average Bonchev–Trinajstić information content (AvgIpc) is 3.84. The Kier molecular flexibility index (Phi) is 8.38.